The molecule has 3 aromatic carbocycles. The topological polar surface area (TPSA) is 58.6 Å². The van der Waals surface area contributed by atoms with Crippen molar-refractivity contribution in [1.82, 2.24) is 0 Å². The first-order chi connectivity index (χ1) is 14.6. The van der Waals surface area contributed by atoms with Gasteiger partial charge in [-0.05, 0) is 54.1 Å². The van der Waals surface area contributed by atoms with Crippen LogP contribution in [0.4, 0.5) is 11.4 Å². The zero-order valence-electron chi connectivity index (χ0n) is 16.0. The van der Waals surface area contributed by atoms with Crippen LogP contribution in [0.3, 0.4) is 0 Å². The van der Waals surface area contributed by atoms with E-state index in [0.29, 0.717) is 16.5 Å². The number of hydrogen-bond donors (Lipinski definition) is 1. The van der Waals surface area contributed by atoms with Crippen molar-refractivity contribution in [3.63, 3.8) is 0 Å². The molecule has 1 heterocycles. The van der Waals surface area contributed by atoms with Gasteiger partial charge >= 0.3 is 0 Å². The fourth-order valence-electron chi connectivity index (χ4n) is 3.18. The van der Waals surface area contributed by atoms with E-state index in [1.54, 1.807) is 34.9 Å². The summed E-state index contributed by atoms with van der Waals surface area (Å²) in [6, 6.07) is 23.9. The predicted octanol–water partition coefficient (Wildman–Crippen LogP) is 5.14. The quantitative estimate of drug-likeness (QED) is 0.579. The number of para-hydroxylation sites is 1. The zero-order chi connectivity index (χ0) is 20.9. The largest absolute Gasteiger partial charge is 0.484 e. The van der Waals surface area contributed by atoms with Crippen LogP contribution in [0.2, 0.25) is 5.02 Å². The van der Waals surface area contributed by atoms with Gasteiger partial charge < -0.3 is 10.1 Å². The van der Waals surface area contributed by atoms with Crippen LogP contribution in [-0.4, -0.2) is 24.2 Å². The molecular weight excluding hydrogens is 420 g/mol. The molecule has 2 amide bonds. The normalized spacial score (nSPS) is 15.8. The monoisotopic (exact) mass is 438 g/mol. The van der Waals surface area contributed by atoms with Gasteiger partial charge in [0.05, 0.1) is 5.75 Å². The summed E-state index contributed by atoms with van der Waals surface area (Å²) >= 11 is 7.54. The summed E-state index contributed by atoms with van der Waals surface area (Å²) in [7, 11) is 0. The van der Waals surface area contributed by atoms with Gasteiger partial charge in [-0.2, -0.15) is 0 Å². The molecule has 0 spiro atoms. The van der Waals surface area contributed by atoms with E-state index in [4.69, 9.17) is 16.3 Å². The first-order valence-corrected chi connectivity index (χ1v) is 10.8. The highest BCUT2D eigenvalue weighted by Gasteiger charge is 2.34. The molecule has 0 aliphatic carbocycles. The van der Waals surface area contributed by atoms with Crippen LogP contribution in [0.25, 0.3) is 0 Å². The molecule has 0 aromatic heterocycles. The van der Waals surface area contributed by atoms with Crippen molar-refractivity contribution in [2.24, 2.45) is 0 Å². The van der Waals surface area contributed by atoms with Crippen LogP contribution in [0.15, 0.2) is 78.9 Å². The Morgan fingerprint density at radius 2 is 1.83 bits per heavy atom. The van der Waals surface area contributed by atoms with Crippen molar-refractivity contribution >= 4 is 46.6 Å². The standard InChI is InChI=1S/C23H19ClN2O3S/c24-17-9-11-19(12-10-17)26-22(28)15-30-23(26)16-5-4-8-20(13-16)29-14-21(27)25-18-6-2-1-3-7-18/h1-13,23H,14-15H2,(H,25,27)/t23-/m0/s1. The lowest BCUT2D eigenvalue weighted by Gasteiger charge is -2.24. The van der Waals surface area contributed by atoms with E-state index in [1.807, 2.05) is 60.7 Å². The van der Waals surface area contributed by atoms with E-state index in [9.17, 15) is 9.59 Å². The van der Waals surface area contributed by atoms with E-state index in [1.165, 1.54) is 0 Å². The maximum Gasteiger partial charge on any atom is 0.262 e. The number of carbonyl (C=O) groups excluding carboxylic acids is 2. The highest BCUT2D eigenvalue weighted by Crippen LogP contribution is 2.42. The van der Waals surface area contributed by atoms with E-state index in [-0.39, 0.29) is 23.8 Å². The molecule has 7 heteroatoms. The van der Waals surface area contributed by atoms with Gasteiger partial charge in [-0.1, -0.05) is 41.9 Å². The van der Waals surface area contributed by atoms with Gasteiger partial charge in [0.1, 0.15) is 11.1 Å². The molecule has 3 aromatic rings. The molecule has 4 rings (SSSR count). The number of carbonyl (C=O) groups is 2. The van der Waals surface area contributed by atoms with Gasteiger partial charge in [-0.15, -0.1) is 11.8 Å². The van der Waals surface area contributed by atoms with E-state index in [0.717, 1.165) is 16.9 Å². The molecule has 0 radical (unpaired) electrons. The molecule has 0 saturated carbocycles. The summed E-state index contributed by atoms with van der Waals surface area (Å²) < 4.78 is 5.68. The summed E-state index contributed by atoms with van der Waals surface area (Å²) in [4.78, 5) is 26.4. The first-order valence-electron chi connectivity index (χ1n) is 9.37. The summed E-state index contributed by atoms with van der Waals surface area (Å²) in [6.07, 6.45) is 0. The number of halogens is 1. The Kier molecular flexibility index (Phi) is 6.26. The summed E-state index contributed by atoms with van der Waals surface area (Å²) in [5.74, 6) is 0.783. The molecule has 1 fully saturated rings. The lowest BCUT2D eigenvalue weighted by atomic mass is 10.1. The molecule has 1 aliphatic rings. The molecule has 1 saturated heterocycles. The minimum atomic E-state index is -0.236. The average molecular weight is 439 g/mol. The number of nitrogens with one attached hydrogen (secondary N) is 1. The van der Waals surface area contributed by atoms with Gasteiger partial charge in [0.15, 0.2) is 6.61 Å². The highest BCUT2D eigenvalue weighted by molar-refractivity contribution is 8.00. The number of thioether (sulfide) groups is 1. The van der Waals surface area contributed by atoms with E-state index in [2.05, 4.69) is 5.32 Å². The Balaban J connectivity index is 1.45. The van der Waals surface area contributed by atoms with Crippen molar-refractivity contribution in [3.8, 4) is 5.75 Å². The second-order valence-electron chi connectivity index (χ2n) is 6.68. The van der Waals surface area contributed by atoms with Gasteiger partial charge in [-0.3, -0.25) is 14.5 Å². The lowest BCUT2D eigenvalue weighted by Crippen LogP contribution is -2.27. The van der Waals surface area contributed by atoms with Crippen LogP contribution >= 0.6 is 23.4 Å². The molecule has 5 nitrogen and oxygen atoms in total. The summed E-state index contributed by atoms with van der Waals surface area (Å²) in [5.41, 5.74) is 2.45. The minimum Gasteiger partial charge on any atom is -0.484 e. The third kappa shape index (κ3) is 4.78. The van der Waals surface area contributed by atoms with Gasteiger partial charge in [0.25, 0.3) is 5.91 Å². The molecule has 152 valence electrons. The van der Waals surface area contributed by atoms with Crippen molar-refractivity contribution < 1.29 is 14.3 Å². The van der Waals surface area contributed by atoms with Crippen molar-refractivity contribution in [2.45, 2.75) is 5.37 Å². The third-order valence-electron chi connectivity index (χ3n) is 4.54. The van der Waals surface area contributed by atoms with Crippen LogP contribution in [-0.2, 0) is 9.59 Å². The highest BCUT2D eigenvalue weighted by atomic mass is 35.5. The smallest absolute Gasteiger partial charge is 0.262 e. The SMILES string of the molecule is O=C(COc1cccc([C@@H]2SCC(=O)N2c2ccc(Cl)cc2)c1)Nc1ccccc1. The Labute approximate surface area is 184 Å². The van der Waals surface area contributed by atoms with Gasteiger partial charge in [0, 0.05) is 16.4 Å². The van der Waals surface area contributed by atoms with Crippen LogP contribution in [0.1, 0.15) is 10.9 Å². The van der Waals surface area contributed by atoms with Gasteiger partial charge in [-0.25, -0.2) is 0 Å². The zero-order valence-corrected chi connectivity index (χ0v) is 17.5. The van der Waals surface area contributed by atoms with Crippen molar-refractivity contribution in [2.75, 3.05) is 22.6 Å². The number of ether oxygens (including phenoxy) is 1. The second kappa shape index (κ2) is 9.24. The minimum absolute atomic E-state index is 0.0425. The number of hydrogen-bond acceptors (Lipinski definition) is 4. The maximum absolute atomic E-state index is 12.5. The fraction of sp³-hybridized carbons (Fsp3) is 0.130. The molecule has 30 heavy (non-hydrogen) atoms. The number of rotatable bonds is 6. The Bertz CT molecular complexity index is 1040. The van der Waals surface area contributed by atoms with Crippen molar-refractivity contribution in [3.05, 3.63) is 89.4 Å². The molecule has 0 unspecified atom stereocenters. The molecule has 1 N–H and O–H groups in total. The van der Waals surface area contributed by atoms with Crippen LogP contribution in [0.5, 0.6) is 5.75 Å². The van der Waals surface area contributed by atoms with Gasteiger partial charge in [0.2, 0.25) is 5.91 Å². The predicted molar refractivity (Wildman–Crippen MR) is 121 cm³/mol. The summed E-state index contributed by atoms with van der Waals surface area (Å²) in [6.45, 7) is -0.101. The molecular formula is C23H19ClN2O3S. The summed E-state index contributed by atoms with van der Waals surface area (Å²) in [5, 5.41) is 3.25. The number of anilines is 2. The number of nitrogens with zero attached hydrogens (tertiary/aromatic N) is 1. The Morgan fingerprint density at radius 3 is 2.60 bits per heavy atom. The third-order valence-corrected chi connectivity index (χ3v) is 6.01. The molecule has 0 bridgehead atoms. The van der Waals surface area contributed by atoms with E-state index < -0.39 is 0 Å². The number of benzene rings is 3. The Hall–Kier alpha value is -2.96. The molecule has 1 atom stereocenters. The first kappa shape index (κ1) is 20.3. The van der Waals surface area contributed by atoms with E-state index >= 15 is 0 Å². The fourth-order valence-corrected chi connectivity index (χ4v) is 4.47. The second-order valence-corrected chi connectivity index (χ2v) is 8.18. The van der Waals surface area contributed by atoms with Crippen molar-refractivity contribution in [1.29, 1.82) is 0 Å². The Morgan fingerprint density at radius 1 is 1.07 bits per heavy atom. The number of amides is 2. The lowest BCUT2D eigenvalue weighted by molar-refractivity contribution is -0.118. The molecule has 1 aliphatic heterocycles. The maximum atomic E-state index is 12.5. The van der Waals surface area contributed by atoms with Crippen LogP contribution < -0.4 is 15.0 Å². The average Bonchev–Trinajstić information content (AvgIpc) is 3.15. The van der Waals surface area contributed by atoms with Crippen LogP contribution in [0, 0.1) is 0 Å².